The molecular weight excluding hydrogens is 322 g/mol. The van der Waals surface area contributed by atoms with E-state index >= 15 is 0 Å². The Kier molecular flexibility index (Phi) is 8.80. The van der Waals surface area contributed by atoms with E-state index in [1.165, 1.54) is 19.3 Å². The van der Waals surface area contributed by atoms with Gasteiger partial charge in [0.05, 0.1) is 5.60 Å². The van der Waals surface area contributed by atoms with Crippen molar-refractivity contribution in [2.24, 2.45) is 0 Å². The number of ketones is 1. The Labute approximate surface area is 160 Å². The lowest BCUT2D eigenvalue weighted by Gasteiger charge is -2.42. The fourth-order valence-electron chi connectivity index (χ4n) is 4.02. The molecule has 0 saturated carbocycles. The zero-order valence-corrected chi connectivity index (χ0v) is 17.1. The maximum Gasteiger partial charge on any atom is 0.163 e. The van der Waals surface area contributed by atoms with E-state index in [4.69, 9.17) is 4.74 Å². The molecule has 0 N–H and O–H groups in total. The van der Waals surface area contributed by atoms with Gasteiger partial charge in [0.1, 0.15) is 0 Å². The number of rotatable bonds is 11. The van der Waals surface area contributed by atoms with Crippen molar-refractivity contribution in [3.8, 4) is 0 Å². The van der Waals surface area contributed by atoms with Gasteiger partial charge in [-0.3, -0.25) is 4.79 Å². The number of carbonyl (C=O) groups excluding carboxylic acids is 1. The predicted molar refractivity (Wildman–Crippen MR) is 109 cm³/mol. The second-order valence-corrected chi connectivity index (χ2v) is 7.82. The Morgan fingerprint density at radius 2 is 1.85 bits per heavy atom. The molecule has 146 valence electrons. The Balaban J connectivity index is 1.74. The van der Waals surface area contributed by atoms with Gasteiger partial charge in [-0.2, -0.15) is 0 Å². The molecule has 3 nitrogen and oxygen atoms in total. The smallest absolute Gasteiger partial charge is 0.163 e. The van der Waals surface area contributed by atoms with Crippen molar-refractivity contribution in [2.75, 3.05) is 26.2 Å². The summed E-state index contributed by atoms with van der Waals surface area (Å²) in [6.07, 6.45) is 8.60. The predicted octanol–water partition coefficient (Wildman–Crippen LogP) is 5.41. The van der Waals surface area contributed by atoms with Crippen molar-refractivity contribution >= 4 is 5.78 Å². The van der Waals surface area contributed by atoms with Crippen LogP contribution in [0.4, 0.5) is 0 Å². The minimum Gasteiger partial charge on any atom is -0.375 e. The van der Waals surface area contributed by atoms with Crippen LogP contribution in [0.3, 0.4) is 0 Å². The highest BCUT2D eigenvalue weighted by atomic mass is 16.5. The number of carbonyl (C=O) groups is 1. The van der Waals surface area contributed by atoms with Crippen molar-refractivity contribution in [2.45, 2.75) is 77.7 Å². The van der Waals surface area contributed by atoms with Crippen LogP contribution in [0.5, 0.6) is 0 Å². The molecule has 1 aliphatic rings. The minimum absolute atomic E-state index is 0.109. The second-order valence-electron chi connectivity index (χ2n) is 7.82. The minimum atomic E-state index is 0.109. The standard InChI is InChI=1S/C23H37NO2/c1-4-6-19-26-23(13-5-2)14-17-24(18-15-23)16-9-12-22(25)21-11-8-7-10-20(21)3/h7-8,10-11H,4-6,9,12-19H2,1-3H3. The molecule has 1 aliphatic heterocycles. The van der Waals surface area contributed by atoms with E-state index in [1.54, 1.807) is 0 Å². The number of hydrogen-bond donors (Lipinski definition) is 0. The maximum absolute atomic E-state index is 12.4. The number of piperidine rings is 1. The van der Waals surface area contributed by atoms with E-state index in [0.29, 0.717) is 6.42 Å². The summed E-state index contributed by atoms with van der Waals surface area (Å²) in [7, 11) is 0. The fraction of sp³-hybridized carbons (Fsp3) is 0.696. The van der Waals surface area contributed by atoms with Crippen LogP contribution in [-0.4, -0.2) is 42.5 Å². The first-order valence-corrected chi connectivity index (χ1v) is 10.6. The van der Waals surface area contributed by atoms with Gasteiger partial charge in [0.2, 0.25) is 0 Å². The Hall–Kier alpha value is -1.19. The summed E-state index contributed by atoms with van der Waals surface area (Å²) >= 11 is 0. The number of unbranched alkanes of at least 4 members (excludes halogenated alkanes) is 1. The van der Waals surface area contributed by atoms with Gasteiger partial charge in [-0.15, -0.1) is 0 Å². The van der Waals surface area contributed by atoms with Crippen molar-refractivity contribution in [1.82, 2.24) is 4.90 Å². The summed E-state index contributed by atoms with van der Waals surface area (Å²) in [4.78, 5) is 14.9. The number of Topliss-reactive ketones (excluding diaryl/α,β-unsaturated/α-hetero) is 1. The second kappa shape index (κ2) is 10.8. The molecule has 1 fully saturated rings. The van der Waals surface area contributed by atoms with Crippen LogP contribution in [0, 0.1) is 6.92 Å². The molecule has 0 atom stereocenters. The zero-order chi connectivity index (χ0) is 18.8. The molecule has 26 heavy (non-hydrogen) atoms. The van der Waals surface area contributed by atoms with Crippen LogP contribution >= 0.6 is 0 Å². The van der Waals surface area contributed by atoms with Crippen molar-refractivity contribution in [3.63, 3.8) is 0 Å². The first-order valence-electron chi connectivity index (χ1n) is 10.6. The number of likely N-dealkylation sites (tertiary alicyclic amines) is 1. The zero-order valence-electron chi connectivity index (χ0n) is 17.1. The van der Waals surface area contributed by atoms with E-state index in [2.05, 4.69) is 18.7 Å². The third-order valence-electron chi connectivity index (χ3n) is 5.70. The molecule has 2 rings (SSSR count). The van der Waals surface area contributed by atoms with Crippen LogP contribution in [0.15, 0.2) is 24.3 Å². The van der Waals surface area contributed by atoms with Crippen molar-refractivity contribution in [1.29, 1.82) is 0 Å². The lowest BCUT2D eigenvalue weighted by atomic mass is 9.86. The number of hydrogen-bond acceptors (Lipinski definition) is 3. The van der Waals surface area contributed by atoms with Gasteiger partial charge in [0.25, 0.3) is 0 Å². The molecule has 0 aliphatic carbocycles. The molecule has 1 aromatic carbocycles. The molecule has 1 saturated heterocycles. The largest absolute Gasteiger partial charge is 0.375 e. The van der Waals surface area contributed by atoms with E-state index < -0.39 is 0 Å². The molecule has 1 aromatic rings. The number of nitrogens with zero attached hydrogens (tertiary/aromatic N) is 1. The Morgan fingerprint density at radius 3 is 2.50 bits per heavy atom. The summed E-state index contributed by atoms with van der Waals surface area (Å²) < 4.78 is 6.33. The van der Waals surface area contributed by atoms with Crippen LogP contribution in [0.1, 0.15) is 81.1 Å². The number of ether oxygens (including phenoxy) is 1. The molecule has 0 amide bonds. The summed E-state index contributed by atoms with van der Waals surface area (Å²) in [5.41, 5.74) is 2.08. The highest BCUT2D eigenvalue weighted by molar-refractivity contribution is 5.97. The highest BCUT2D eigenvalue weighted by Crippen LogP contribution is 2.31. The average Bonchev–Trinajstić information content (AvgIpc) is 2.64. The molecule has 0 unspecified atom stereocenters. The molecule has 0 bridgehead atoms. The molecule has 1 heterocycles. The molecule has 0 radical (unpaired) electrons. The van der Waals surface area contributed by atoms with Gasteiger partial charge in [-0.05, 0) is 51.1 Å². The van der Waals surface area contributed by atoms with Gasteiger partial charge in [0, 0.05) is 31.7 Å². The number of aryl methyl sites for hydroxylation is 1. The van der Waals surface area contributed by atoms with Gasteiger partial charge in [-0.25, -0.2) is 0 Å². The lowest BCUT2D eigenvalue weighted by molar-refractivity contribution is -0.0902. The fourth-order valence-corrected chi connectivity index (χ4v) is 4.02. The highest BCUT2D eigenvalue weighted by Gasteiger charge is 2.34. The lowest BCUT2D eigenvalue weighted by Crippen LogP contribution is -2.46. The average molecular weight is 360 g/mol. The quantitative estimate of drug-likeness (QED) is 0.391. The Morgan fingerprint density at radius 1 is 1.12 bits per heavy atom. The summed E-state index contributed by atoms with van der Waals surface area (Å²) in [6, 6.07) is 7.91. The van der Waals surface area contributed by atoms with Crippen LogP contribution in [0.25, 0.3) is 0 Å². The monoisotopic (exact) mass is 359 g/mol. The third-order valence-corrected chi connectivity index (χ3v) is 5.70. The van der Waals surface area contributed by atoms with Gasteiger partial charge < -0.3 is 9.64 Å². The molecular formula is C23H37NO2. The normalized spacial score (nSPS) is 17.3. The molecule has 0 aromatic heterocycles. The van der Waals surface area contributed by atoms with E-state index in [0.717, 1.165) is 63.1 Å². The van der Waals surface area contributed by atoms with Gasteiger partial charge in [0.15, 0.2) is 5.78 Å². The summed E-state index contributed by atoms with van der Waals surface area (Å²) in [5, 5.41) is 0. The molecule has 0 spiro atoms. The van der Waals surface area contributed by atoms with Crippen molar-refractivity contribution < 1.29 is 9.53 Å². The van der Waals surface area contributed by atoms with Crippen LogP contribution in [-0.2, 0) is 4.74 Å². The third kappa shape index (κ3) is 6.21. The van der Waals surface area contributed by atoms with Gasteiger partial charge in [-0.1, -0.05) is 51.0 Å². The SMILES string of the molecule is CCCCOC1(CCC)CCN(CCCC(=O)c2ccccc2C)CC1. The van der Waals surface area contributed by atoms with E-state index in [1.807, 2.05) is 31.2 Å². The first-order chi connectivity index (χ1) is 12.6. The summed E-state index contributed by atoms with van der Waals surface area (Å²) in [5.74, 6) is 0.281. The molecule has 3 heteroatoms. The maximum atomic E-state index is 12.4. The first kappa shape index (κ1) is 21.1. The van der Waals surface area contributed by atoms with Crippen LogP contribution < -0.4 is 0 Å². The van der Waals surface area contributed by atoms with Crippen molar-refractivity contribution in [3.05, 3.63) is 35.4 Å². The van der Waals surface area contributed by atoms with Crippen LogP contribution in [0.2, 0.25) is 0 Å². The van der Waals surface area contributed by atoms with E-state index in [9.17, 15) is 4.79 Å². The summed E-state index contributed by atoms with van der Waals surface area (Å²) in [6.45, 7) is 10.6. The number of benzene rings is 1. The van der Waals surface area contributed by atoms with E-state index in [-0.39, 0.29) is 11.4 Å². The van der Waals surface area contributed by atoms with Gasteiger partial charge >= 0.3 is 0 Å². The topological polar surface area (TPSA) is 29.5 Å². The Bertz CT molecular complexity index is 547.